The maximum atomic E-state index is 11.7. The second-order valence-electron chi connectivity index (χ2n) is 3.91. The van der Waals surface area contributed by atoms with E-state index in [0.29, 0.717) is 10.7 Å². The number of carbonyl (C=O) groups excluding carboxylic acids is 2. The molecule has 0 aromatic rings. The molecule has 0 spiro atoms. The molecule has 1 rings (SSSR count). The summed E-state index contributed by atoms with van der Waals surface area (Å²) in [6.45, 7) is 3.76. The summed E-state index contributed by atoms with van der Waals surface area (Å²) in [4.78, 5) is 23.9. The van der Waals surface area contributed by atoms with Crippen LogP contribution in [0.2, 0.25) is 0 Å². The molecule has 0 radical (unpaired) electrons. The topological polar surface area (TPSA) is 66.4 Å². The van der Waals surface area contributed by atoms with E-state index in [0.717, 1.165) is 0 Å². The van der Waals surface area contributed by atoms with Crippen LogP contribution in [0.3, 0.4) is 0 Å². The Balaban J connectivity index is 2.62. The number of ketones is 2. The van der Waals surface area contributed by atoms with Gasteiger partial charge in [0.15, 0.2) is 5.78 Å². The van der Waals surface area contributed by atoms with Crippen LogP contribution in [-0.4, -0.2) is 35.1 Å². The lowest BCUT2D eigenvalue weighted by Crippen LogP contribution is -2.29. The van der Waals surface area contributed by atoms with Crippen LogP contribution in [0.5, 0.6) is 0 Å². The van der Waals surface area contributed by atoms with Crippen molar-refractivity contribution in [2.24, 2.45) is 0 Å². The van der Waals surface area contributed by atoms with E-state index in [-0.39, 0.29) is 23.8 Å². The molecule has 0 saturated heterocycles. The first kappa shape index (κ1) is 14.7. The maximum Gasteiger partial charge on any atom is 0.203 e. The normalized spacial score (nSPS) is 17.7. The molecule has 0 fully saturated rings. The van der Waals surface area contributed by atoms with E-state index < -0.39 is 6.10 Å². The lowest BCUT2D eigenvalue weighted by atomic mass is 10.1. The number of carbonyl (C=O) groups is 2. The first-order valence-corrected chi connectivity index (χ1v) is 6.71. The van der Waals surface area contributed by atoms with Crippen molar-refractivity contribution in [2.45, 2.75) is 20.0 Å². The fourth-order valence-corrected chi connectivity index (χ4v) is 2.14. The SMILES string of the molecule is C/C=C/CSC1=CC(=O)C(NCC(C)O)=CC1=O. The van der Waals surface area contributed by atoms with Crippen molar-refractivity contribution < 1.29 is 14.7 Å². The third-order valence-electron chi connectivity index (χ3n) is 2.20. The van der Waals surface area contributed by atoms with E-state index in [1.165, 1.54) is 23.9 Å². The Kier molecular flexibility index (Phi) is 5.88. The largest absolute Gasteiger partial charge is 0.392 e. The van der Waals surface area contributed by atoms with Gasteiger partial charge in [-0.1, -0.05) is 12.2 Å². The van der Waals surface area contributed by atoms with Gasteiger partial charge in [0.2, 0.25) is 5.78 Å². The van der Waals surface area contributed by atoms with Crippen LogP contribution < -0.4 is 5.32 Å². The highest BCUT2D eigenvalue weighted by atomic mass is 32.2. The van der Waals surface area contributed by atoms with E-state index >= 15 is 0 Å². The standard InChI is InChI=1S/C13H17NO3S/c1-3-4-5-18-13-7-11(16)10(6-12(13)17)14-8-9(2)15/h3-4,6-7,9,14-15H,5,8H2,1-2H3/b4-3+. The number of thioether (sulfide) groups is 1. The minimum Gasteiger partial charge on any atom is -0.392 e. The second-order valence-corrected chi connectivity index (χ2v) is 4.97. The van der Waals surface area contributed by atoms with Gasteiger partial charge >= 0.3 is 0 Å². The summed E-state index contributed by atoms with van der Waals surface area (Å²) >= 11 is 1.34. The summed E-state index contributed by atoms with van der Waals surface area (Å²) in [6, 6.07) is 0. The van der Waals surface area contributed by atoms with Crippen LogP contribution in [0.15, 0.2) is 34.9 Å². The number of aliphatic hydroxyl groups excluding tert-OH is 1. The minimum atomic E-state index is -0.566. The molecule has 1 unspecified atom stereocenters. The second kappa shape index (κ2) is 7.18. The van der Waals surface area contributed by atoms with Crippen LogP contribution in [0.1, 0.15) is 13.8 Å². The molecule has 98 valence electrons. The van der Waals surface area contributed by atoms with E-state index in [1.807, 2.05) is 19.1 Å². The zero-order chi connectivity index (χ0) is 13.5. The molecule has 1 aliphatic carbocycles. The Morgan fingerprint density at radius 2 is 2.11 bits per heavy atom. The van der Waals surface area contributed by atoms with Gasteiger partial charge in [-0.15, -0.1) is 11.8 Å². The van der Waals surface area contributed by atoms with Crippen LogP contribution in [0.25, 0.3) is 0 Å². The summed E-state index contributed by atoms with van der Waals surface area (Å²) in [5.74, 6) is 0.279. The smallest absolute Gasteiger partial charge is 0.203 e. The molecule has 1 aliphatic rings. The molecule has 5 heteroatoms. The molecule has 0 heterocycles. The fourth-order valence-electron chi connectivity index (χ4n) is 1.28. The summed E-state index contributed by atoms with van der Waals surface area (Å²) in [5, 5.41) is 11.9. The van der Waals surface area contributed by atoms with Crippen molar-refractivity contribution in [3.05, 3.63) is 34.9 Å². The number of hydrogen-bond acceptors (Lipinski definition) is 5. The van der Waals surface area contributed by atoms with Crippen molar-refractivity contribution in [2.75, 3.05) is 12.3 Å². The molecule has 2 N–H and O–H groups in total. The van der Waals surface area contributed by atoms with Crippen LogP contribution in [-0.2, 0) is 9.59 Å². The van der Waals surface area contributed by atoms with Crippen molar-refractivity contribution in [1.82, 2.24) is 5.32 Å². The highest BCUT2D eigenvalue weighted by Gasteiger charge is 2.20. The first-order chi connectivity index (χ1) is 8.54. The van der Waals surface area contributed by atoms with Crippen molar-refractivity contribution in [1.29, 1.82) is 0 Å². The summed E-state index contributed by atoms with van der Waals surface area (Å²) in [7, 11) is 0. The Morgan fingerprint density at radius 1 is 1.39 bits per heavy atom. The van der Waals surface area contributed by atoms with Gasteiger partial charge in [-0.3, -0.25) is 9.59 Å². The third kappa shape index (κ3) is 4.50. The quantitative estimate of drug-likeness (QED) is 0.559. The lowest BCUT2D eigenvalue weighted by Gasteiger charge is -2.14. The van der Waals surface area contributed by atoms with Gasteiger partial charge in [0, 0.05) is 24.4 Å². The number of nitrogens with one attached hydrogen (secondary N) is 1. The van der Waals surface area contributed by atoms with Gasteiger partial charge in [-0.05, 0) is 13.8 Å². The number of aliphatic hydroxyl groups is 1. The molecule has 0 aromatic carbocycles. The van der Waals surface area contributed by atoms with E-state index in [4.69, 9.17) is 5.11 Å². The molecule has 0 aromatic heterocycles. The molecule has 0 amide bonds. The molecule has 0 aliphatic heterocycles. The lowest BCUT2D eigenvalue weighted by molar-refractivity contribution is -0.115. The Hall–Kier alpha value is -1.33. The molecule has 1 atom stereocenters. The van der Waals surface area contributed by atoms with Gasteiger partial charge in [0.25, 0.3) is 0 Å². The molecule has 0 saturated carbocycles. The molecule has 18 heavy (non-hydrogen) atoms. The van der Waals surface area contributed by atoms with Crippen molar-refractivity contribution in [3.8, 4) is 0 Å². The van der Waals surface area contributed by atoms with Gasteiger partial charge in [-0.2, -0.15) is 0 Å². The van der Waals surface area contributed by atoms with Crippen LogP contribution >= 0.6 is 11.8 Å². The molecular weight excluding hydrogens is 250 g/mol. The predicted molar refractivity (Wildman–Crippen MR) is 73.1 cm³/mol. The summed E-state index contributed by atoms with van der Waals surface area (Å²) < 4.78 is 0. The number of rotatable bonds is 6. The summed E-state index contributed by atoms with van der Waals surface area (Å²) in [6.07, 6.45) is 5.90. The molecule has 0 bridgehead atoms. The average Bonchev–Trinajstić information content (AvgIpc) is 2.31. The highest BCUT2D eigenvalue weighted by molar-refractivity contribution is 8.04. The highest BCUT2D eigenvalue weighted by Crippen LogP contribution is 2.22. The van der Waals surface area contributed by atoms with Crippen LogP contribution in [0, 0.1) is 0 Å². The Morgan fingerprint density at radius 3 is 2.72 bits per heavy atom. The maximum absolute atomic E-state index is 11.7. The van der Waals surface area contributed by atoms with Crippen molar-refractivity contribution in [3.63, 3.8) is 0 Å². The monoisotopic (exact) mass is 267 g/mol. The first-order valence-electron chi connectivity index (χ1n) is 5.72. The fraction of sp³-hybridized carbons (Fsp3) is 0.385. The van der Waals surface area contributed by atoms with Gasteiger partial charge in [0.1, 0.15) is 0 Å². The Bertz CT molecular complexity index is 422. The van der Waals surface area contributed by atoms with Crippen LogP contribution in [0.4, 0.5) is 0 Å². The van der Waals surface area contributed by atoms with E-state index in [2.05, 4.69) is 5.32 Å². The van der Waals surface area contributed by atoms with E-state index in [1.54, 1.807) is 6.92 Å². The zero-order valence-corrected chi connectivity index (χ0v) is 11.3. The van der Waals surface area contributed by atoms with Gasteiger partial charge < -0.3 is 10.4 Å². The zero-order valence-electron chi connectivity index (χ0n) is 10.5. The molecular formula is C13H17NO3S. The van der Waals surface area contributed by atoms with Gasteiger partial charge in [0.05, 0.1) is 16.7 Å². The predicted octanol–water partition coefficient (Wildman–Crippen LogP) is 1.19. The Labute approximate surface area is 111 Å². The minimum absolute atomic E-state index is 0.169. The number of hydrogen-bond donors (Lipinski definition) is 2. The van der Waals surface area contributed by atoms with E-state index in [9.17, 15) is 9.59 Å². The summed E-state index contributed by atoms with van der Waals surface area (Å²) in [5.41, 5.74) is 0.247. The number of allylic oxidation sites excluding steroid dienone is 4. The average molecular weight is 267 g/mol. The third-order valence-corrected chi connectivity index (χ3v) is 3.19. The van der Waals surface area contributed by atoms with Gasteiger partial charge in [-0.25, -0.2) is 0 Å². The van der Waals surface area contributed by atoms with Crippen molar-refractivity contribution >= 4 is 23.3 Å². The molecule has 4 nitrogen and oxygen atoms in total.